The zero-order valence-corrected chi connectivity index (χ0v) is 15.5. The molecule has 0 radical (unpaired) electrons. The number of rotatable bonds is 5. The summed E-state index contributed by atoms with van der Waals surface area (Å²) in [6, 6.07) is 4.29. The molecule has 0 saturated carbocycles. The van der Waals surface area contributed by atoms with Gasteiger partial charge in [0.2, 0.25) is 5.91 Å². The first-order valence-corrected chi connectivity index (χ1v) is 9.23. The Balaban J connectivity index is 1.72. The highest BCUT2D eigenvalue weighted by Crippen LogP contribution is 2.22. The van der Waals surface area contributed by atoms with Crippen molar-refractivity contribution < 1.29 is 4.79 Å². The number of carbonyl (C=O) groups excluding carboxylic acids is 1. The molecule has 22 heavy (non-hydrogen) atoms. The first kappa shape index (κ1) is 17.4. The molecule has 1 aliphatic rings. The van der Waals surface area contributed by atoms with Gasteiger partial charge in [-0.25, -0.2) is 0 Å². The Morgan fingerprint density at radius 1 is 1.41 bits per heavy atom. The van der Waals surface area contributed by atoms with E-state index in [-0.39, 0.29) is 5.91 Å². The molecule has 1 aromatic heterocycles. The van der Waals surface area contributed by atoms with Crippen molar-refractivity contribution in [3.05, 3.63) is 38.5 Å². The van der Waals surface area contributed by atoms with Gasteiger partial charge in [0, 0.05) is 36.6 Å². The number of likely N-dealkylation sites (tertiary alicyclic amines) is 1. The highest BCUT2D eigenvalue weighted by Gasteiger charge is 2.19. The van der Waals surface area contributed by atoms with Gasteiger partial charge in [0.15, 0.2) is 0 Å². The molecule has 2 rings (SSSR count). The molecule has 120 valence electrons. The molecule has 1 fully saturated rings. The number of hydrogen-bond acceptors (Lipinski definition) is 3. The van der Waals surface area contributed by atoms with Gasteiger partial charge in [0.05, 0.1) is 3.79 Å². The molecule has 0 unspecified atom stereocenters. The van der Waals surface area contributed by atoms with Crippen molar-refractivity contribution in [2.24, 2.45) is 0 Å². The van der Waals surface area contributed by atoms with Gasteiger partial charge in [0.25, 0.3) is 0 Å². The Kier molecular flexibility index (Phi) is 6.86. The molecule has 0 aliphatic carbocycles. The van der Waals surface area contributed by atoms with Crippen molar-refractivity contribution in [2.45, 2.75) is 32.7 Å². The molecule has 3 nitrogen and oxygen atoms in total. The van der Waals surface area contributed by atoms with E-state index in [0.29, 0.717) is 6.04 Å². The minimum atomic E-state index is 0.00673. The summed E-state index contributed by atoms with van der Waals surface area (Å²) in [5, 5.41) is 3.11. The molecule has 1 aliphatic heterocycles. The highest BCUT2D eigenvalue weighted by molar-refractivity contribution is 9.11. The number of nitrogens with one attached hydrogen (secondary N) is 1. The van der Waals surface area contributed by atoms with Gasteiger partial charge in [-0.2, -0.15) is 0 Å². The molecule has 1 aromatic rings. The zero-order chi connectivity index (χ0) is 15.9. The van der Waals surface area contributed by atoms with Crippen molar-refractivity contribution in [2.75, 3.05) is 19.6 Å². The summed E-state index contributed by atoms with van der Waals surface area (Å²) >= 11 is 5.04. The molecule has 0 bridgehead atoms. The molecule has 0 atom stereocenters. The first-order valence-electron chi connectivity index (χ1n) is 7.62. The van der Waals surface area contributed by atoms with E-state index in [2.05, 4.69) is 46.1 Å². The summed E-state index contributed by atoms with van der Waals surface area (Å²) in [4.78, 5) is 15.5. The molecular weight excluding hydrogens is 360 g/mol. The quantitative estimate of drug-likeness (QED) is 0.614. The van der Waals surface area contributed by atoms with Gasteiger partial charge in [0.1, 0.15) is 0 Å². The molecule has 1 N–H and O–H groups in total. The number of halogens is 1. The summed E-state index contributed by atoms with van der Waals surface area (Å²) in [7, 11) is 0. The van der Waals surface area contributed by atoms with Gasteiger partial charge in [-0.15, -0.1) is 11.3 Å². The van der Waals surface area contributed by atoms with E-state index in [1.807, 2.05) is 18.2 Å². The second kappa shape index (κ2) is 8.65. The van der Waals surface area contributed by atoms with Gasteiger partial charge in [-0.05, 0) is 60.8 Å². The van der Waals surface area contributed by atoms with Gasteiger partial charge < -0.3 is 5.32 Å². The van der Waals surface area contributed by atoms with E-state index >= 15 is 0 Å². The standard InChI is InChI=1S/C17H23BrN2OS/c1-13(2)7-10-20-11-8-14(9-12-20)19-17(21)6-4-15-3-5-16(18)22-15/h3-7,14H,8-12H2,1-2H3,(H,19,21)/b6-4+. The fourth-order valence-corrected chi connectivity index (χ4v) is 3.72. The first-order chi connectivity index (χ1) is 10.5. The lowest BCUT2D eigenvalue weighted by molar-refractivity contribution is -0.117. The second-order valence-electron chi connectivity index (χ2n) is 5.84. The number of carbonyl (C=O) groups is 1. The SMILES string of the molecule is CC(C)=CCN1CCC(NC(=O)/C=C/c2ccc(Br)s2)CC1. The lowest BCUT2D eigenvalue weighted by atomic mass is 10.0. The van der Waals surface area contributed by atoms with Crippen molar-refractivity contribution in [1.82, 2.24) is 10.2 Å². The minimum Gasteiger partial charge on any atom is -0.350 e. The Morgan fingerprint density at radius 3 is 2.73 bits per heavy atom. The number of allylic oxidation sites excluding steroid dienone is 1. The molecule has 1 amide bonds. The van der Waals surface area contributed by atoms with Crippen molar-refractivity contribution >= 4 is 39.2 Å². The monoisotopic (exact) mass is 382 g/mol. The van der Waals surface area contributed by atoms with Crippen LogP contribution in [-0.2, 0) is 4.79 Å². The van der Waals surface area contributed by atoms with Crippen LogP contribution < -0.4 is 5.32 Å². The van der Waals surface area contributed by atoms with Crippen molar-refractivity contribution in [3.63, 3.8) is 0 Å². The largest absolute Gasteiger partial charge is 0.350 e. The number of piperidine rings is 1. The fraction of sp³-hybridized carbons (Fsp3) is 0.471. The summed E-state index contributed by atoms with van der Waals surface area (Å²) in [6.45, 7) is 7.39. The maximum Gasteiger partial charge on any atom is 0.244 e. The summed E-state index contributed by atoms with van der Waals surface area (Å²) in [5.74, 6) is 0.00673. The van der Waals surface area contributed by atoms with Crippen LogP contribution in [0.3, 0.4) is 0 Å². The summed E-state index contributed by atoms with van der Waals surface area (Å²) in [5.41, 5.74) is 1.36. The third-order valence-corrected chi connectivity index (χ3v) is 5.27. The van der Waals surface area contributed by atoms with E-state index < -0.39 is 0 Å². The predicted molar refractivity (Wildman–Crippen MR) is 98.1 cm³/mol. The van der Waals surface area contributed by atoms with Gasteiger partial charge in [-0.1, -0.05) is 11.6 Å². The maximum absolute atomic E-state index is 12.0. The van der Waals surface area contributed by atoms with Gasteiger partial charge in [-0.3, -0.25) is 9.69 Å². The van der Waals surface area contributed by atoms with E-state index in [0.717, 1.165) is 41.1 Å². The highest BCUT2D eigenvalue weighted by atomic mass is 79.9. The lowest BCUT2D eigenvalue weighted by Gasteiger charge is -2.31. The third-order valence-electron chi connectivity index (χ3n) is 3.68. The number of nitrogens with zero attached hydrogens (tertiary/aromatic N) is 1. The van der Waals surface area contributed by atoms with Crippen LogP contribution in [-0.4, -0.2) is 36.5 Å². The smallest absolute Gasteiger partial charge is 0.244 e. The van der Waals surface area contributed by atoms with Crippen LogP contribution in [0.15, 0.2) is 33.6 Å². The van der Waals surface area contributed by atoms with Gasteiger partial charge >= 0.3 is 0 Å². The Labute approximate surface area is 145 Å². The molecular formula is C17H23BrN2OS. The van der Waals surface area contributed by atoms with Crippen LogP contribution >= 0.6 is 27.3 Å². The second-order valence-corrected chi connectivity index (χ2v) is 8.33. The summed E-state index contributed by atoms with van der Waals surface area (Å²) < 4.78 is 1.08. The molecule has 0 aromatic carbocycles. The van der Waals surface area contributed by atoms with E-state index in [1.54, 1.807) is 17.4 Å². The zero-order valence-electron chi connectivity index (χ0n) is 13.1. The molecule has 0 spiro atoms. The average molecular weight is 383 g/mol. The number of amides is 1. The molecule has 1 saturated heterocycles. The molecule has 2 heterocycles. The van der Waals surface area contributed by atoms with E-state index in [9.17, 15) is 4.79 Å². The number of hydrogen-bond donors (Lipinski definition) is 1. The number of thiophene rings is 1. The van der Waals surface area contributed by atoms with E-state index in [4.69, 9.17) is 0 Å². The molecule has 5 heteroatoms. The van der Waals surface area contributed by atoms with Crippen molar-refractivity contribution in [3.8, 4) is 0 Å². The Hall–Kier alpha value is -0.910. The van der Waals surface area contributed by atoms with E-state index in [1.165, 1.54) is 5.57 Å². The van der Waals surface area contributed by atoms with Crippen LogP contribution in [0.25, 0.3) is 6.08 Å². The topological polar surface area (TPSA) is 32.3 Å². The average Bonchev–Trinajstić information content (AvgIpc) is 2.90. The van der Waals surface area contributed by atoms with Crippen molar-refractivity contribution in [1.29, 1.82) is 0 Å². The third kappa shape index (κ3) is 6.07. The minimum absolute atomic E-state index is 0.00673. The van der Waals surface area contributed by atoms with Crippen LogP contribution in [0.5, 0.6) is 0 Å². The predicted octanol–water partition coefficient (Wildman–Crippen LogP) is 4.07. The fourth-order valence-electron chi connectivity index (χ4n) is 2.40. The Bertz CT molecular complexity index is 553. The summed E-state index contributed by atoms with van der Waals surface area (Å²) in [6.07, 6.45) is 7.82. The lowest BCUT2D eigenvalue weighted by Crippen LogP contribution is -2.44. The van der Waals surface area contributed by atoms with Crippen LogP contribution in [0.4, 0.5) is 0 Å². The Morgan fingerprint density at radius 2 is 2.14 bits per heavy atom. The van der Waals surface area contributed by atoms with Crippen LogP contribution in [0.1, 0.15) is 31.6 Å². The maximum atomic E-state index is 12.0. The van der Waals surface area contributed by atoms with Crippen LogP contribution in [0, 0.1) is 0 Å². The van der Waals surface area contributed by atoms with Crippen LogP contribution in [0.2, 0.25) is 0 Å². The normalized spacial score (nSPS) is 16.9.